The molecule has 0 aromatic heterocycles. The molecule has 3 rings (SSSR count). The number of nitrogens with one attached hydrogen (secondary N) is 1. The average molecular weight is 406 g/mol. The molecule has 1 saturated carbocycles. The molecular formula is C21H24F2N2O2S. The Morgan fingerprint density at radius 1 is 1.21 bits per heavy atom. The first kappa shape index (κ1) is 20.3. The van der Waals surface area contributed by atoms with E-state index in [-0.39, 0.29) is 11.5 Å². The number of ether oxygens (including phenoxy) is 2. The van der Waals surface area contributed by atoms with Crippen molar-refractivity contribution in [3.05, 3.63) is 53.6 Å². The van der Waals surface area contributed by atoms with Crippen LogP contribution in [-0.2, 0) is 13.0 Å². The molecule has 1 aliphatic carbocycles. The van der Waals surface area contributed by atoms with E-state index >= 15 is 0 Å². The van der Waals surface area contributed by atoms with Crippen LogP contribution in [0.5, 0.6) is 11.5 Å². The number of anilines is 1. The number of alkyl halides is 2. The molecule has 0 radical (unpaired) electrons. The molecule has 4 nitrogen and oxygen atoms in total. The Morgan fingerprint density at radius 2 is 1.96 bits per heavy atom. The van der Waals surface area contributed by atoms with E-state index in [0.717, 1.165) is 30.5 Å². The number of hydrogen-bond acceptors (Lipinski definition) is 3. The van der Waals surface area contributed by atoms with Crippen LogP contribution in [0.3, 0.4) is 0 Å². The molecule has 2 aromatic rings. The van der Waals surface area contributed by atoms with E-state index in [1.165, 1.54) is 18.7 Å². The van der Waals surface area contributed by atoms with Crippen molar-refractivity contribution in [2.45, 2.75) is 45.4 Å². The molecule has 1 fully saturated rings. The summed E-state index contributed by atoms with van der Waals surface area (Å²) in [5.41, 5.74) is 3.13. The molecule has 0 heterocycles. The topological polar surface area (TPSA) is 33.7 Å². The molecule has 0 amide bonds. The molecule has 7 heteroatoms. The maximum atomic E-state index is 12.5. The first-order chi connectivity index (χ1) is 13.5. The monoisotopic (exact) mass is 406 g/mol. The van der Waals surface area contributed by atoms with Crippen LogP contribution in [0.15, 0.2) is 42.5 Å². The van der Waals surface area contributed by atoms with E-state index < -0.39 is 6.61 Å². The van der Waals surface area contributed by atoms with Gasteiger partial charge in [-0.25, -0.2) is 0 Å². The van der Waals surface area contributed by atoms with E-state index in [2.05, 4.69) is 27.9 Å². The van der Waals surface area contributed by atoms with Crippen molar-refractivity contribution < 1.29 is 18.3 Å². The van der Waals surface area contributed by atoms with Gasteiger partial charge in [0, 0.05) is 18.3 Å². The van der Waals surface area contributed by atoms with Gasteiger partial charge in [-0.1, -0.05) is 31.2 Å². The first-order valence-corrected chi connectivity index (χ1v) is 9.70. The Kier molecular flexibility index (Phi) is 6.67. The SMILES string of the molecule is CCc1ccccc1NC(=S)N(Cc1ccc(OC(F)F)c(OC)c1)C1CC1. The van der Waals surface area contributed by atoms with Gasteiger partial charge in [0.1, 0.15) is 0 Å². The molecule has 1 aliphatic rings. The highest BCUT2D eigenvalue weighted by atomic mass is 32.1. The highest BCUT2D eigenvalue weighted by molar-refractivity contribution is 7.80. The number of para-hydroxylation sites is 1. The predicted molar refractivity (Wildman–Crippen MR) is 110 cm³/mol. The highest BCUT2D eigenvalue weighted by Gasteiger charge is 2.31. The molecule has 0 bridgehead atoms. The van der Waals surface area contributed by atoms with E-state index in [1.807, 2.05) is 18.2 Å². The van der Waals surface area contributed by atoms with Crippen LogP contribution < -0.4 is 14.8 Å². The Labute approximate surface area is 169 Å². The van der Waals surface area contributed by atoms with Gasteiger partial charge in [-0.05, 0) is 60.8 Å². The van der Waals surface area contributed by atoms with Crippen molar-refractivity contribution in [2.75, 3.05) is 12.4 Å². The number of benzene rings is 2. The molecule has 0 aliphatic heterocycles. The maximum absolute atomic E-state index is 12.5. The molecule has 0 atom stereocenters. The number of aryl methyl sites for hydroxylation is 1. The molecule has 28 heavy (non-hydrogen) atoms. The molecular weight excluding hydrogens is 382 g/mol. The van der Waals surface area contributed by atoms with Gasteiger partial charge in [-0.3, -0.25) is 0 Å². The lowest BCUT2D eigenvalue weighted by Crippen LogP contribution is -2.36. The van der Waals surface area contributed by atoms with Gasteiger partial charge < -0.3 is 19.7 Å². The Balaban J connectivity index is 1.75. The molecule has 150 valence electrons. The third kappa shape index (κ3) is 5.10. The number of methoxy groups -OCH3 is 1. The minimum atomic E-state index is -2.89. The zero-order chi connectivity index (χ0) is 20.1. The van der Waals surface area contributed by atoms with Crippen LogP contribution in [0, 0.1) is 0 Å². The molecule has 0 unspecified atom stereocenters. The van der Waals surface area contributed by atoms with Crippen molar-refractivity contribution in [2.24, 2.45) is 0 Å². The van der Waals surface area contributed by atoms with Crippen molar-refractivity contribution >= 4 is 23.0 Å². The van der Waals surface area contributed by atoms with Crippen molar-refractivity contribution in [3.63, 3.8) is 0 Å². The lowest BCUT2D eigenvalue weighted by Gasteiger charge is -2.27. The fourth-order valence-corrected chi connectivity index (χ4v) is 3.41. The van der Waals surface area contributed by atoms with Gasteiger partial charge in [0.15, 0.2) is 16.6 Å². The number of rotatable bonds is 8. The van der Waals surface area contributed by atoms with Gasteiger partial charge in [0.2, 0.25) is 0 Å². The third-order valence-electron chi connectivity index (χ3n) is 4.69. The zero-order valence-electron chi connectivity index (χ0n) is 16.0. The Morgan fingerprint density at radius 3 is 2.61 bits per heavy atom. The number of nitrogens with zero attached hydrogens (tertiary/aromatic N) is 1. The summed E-state index contributed by atoms with van der Waals surface area (Å²) in [5, 5.41) is 4.03. The molecule has 2 aromatic carbocycles. The van der Waals surface area contributed by atoms with Crippen LogP contribution in [0.4, 0.5) is 14.5 Å². The van der Waals surface area contributed by atoms with Gasteiger partial charge in [0.25, 0.3) is 0 Å². The molecule has 0 spiro atoms. The van der Waals surface area contributed by atoms with Gasteiger partial charge in [-0.15, -0.1) is 0 Å². The van der Waals surface area contributed by atoms with Crippen LogP contribution in [0.25, 0.3) is 0 Å². The first-order valence-electron chi connectivity index (χ1n) is 9.29. The average Bonchev–Trinajstić information content (AvgIpc) is 3.52. The molecule has 0 saturated heterocycles. The van der Waals surface area contributed by atoms with Gasteiger partial charge >= 0.3 is 6.61 Å². The number of thiocarbonyl (C=S) groups is 1. The second kappa shape index (κ2) is 9.19. The third-order valence-corrected chi connectivity index (χ3v) is 5.02. The van der Waals surface area contributed by atoms with Crippen molar-refractivity contribution in [1.29, 1.82) is 0 Å². The summed E-state index contributed by atoms with van der Waals surface area (Å²) in [6, 6.07) is 13.5. The standard InChI is InChI=1S/C21H24F2N2O2S/c1-3-15-6-4-5-7-17(15)24-21(28)25(16-9-10-16)13-14-8-11-18(27-20(22)23)19(12-14)26-2/h4-8,11-12,16,20H,3,9-10,13H2,1-2H3,(H,24,28). The summed E-state index contributed by atoms with van der Waals surface area (Å²) in [7, 11) is 1.43. The quantitative estimate of drug-likeness (QED) is 0.608. The van der Waals surface area contributed by atoms with E-state index in [1.54, 1.807) is 12.1 Å². The zero-order valence-corrected chi connectivity index (χ0v) is 16.8. The largest absolute Gasteiger partial charge is 0.493 e. The number of halogens is 2. The summed E-state index contributed by atoms with van der Waals surface area (Å²) >= 11 is 5.68. The van der Waals surface area contributed by atoms with Crippen LogP contribution in [0.1, 0.15) is 30.9 Å². The van der Waals surface area contributed by atoms with Crippen LogP contribution in [0.2, 0.25) is 0 Å². The highest BCUT2D eigenvalue weighted by Crippen LogP contribution is 2.33. The Hall–Kier alpha value is -2.41. The predicted octanol–water partition coefficient (Wildman–Crippen LogP) is 5.22. The second-order valence-electron chi connectivity index (χ2n) is 6.66. The Bertz CT molecular complexity index is 828. The summed E-state index contributed by atoms with van der Waals surface area (Å²) in [5.74, 6) is 0.306. The summed E-state index contributed by atoms with van der Waals surface area (Å²) in [6.07, 6.45) is 3.08. The molecule has 1 N–H and O–H groups in total. The maximum Gasteiger partial charge on any atom is 0.387 e. The number of hydrogen-bond donors (Lipinski definition) is 1. The lowest BCUT2D eigenvalue weighted by atomic mass is 10.1. The minimum absolute atomic E-state index is 0.0248. The van der Waals surface area contributed by atoms with Crippen molar-refractivity contribution in [3.8, 4) is 11.5 Å². The van der Waals surface area contributed by atoms with E-state index in [0.29, 0.717) is 17.7 Å². The summed E-state index contributed by atoms with van der Waals surface area (Å²) in [6.45, 7) is -0.216. The van der Waals surface area contributed by atoms with E-state index in [4.69, 9.17) is 17.0 Å². The fourth-order valence-electron chi connectivity index (χ4n) is 3.09. The summed E-state index contributed by atoms with van der Waals surface area (Å²) < 4.78 is 34.8. The minimum Gasteiger partial charge on any atom is -0.493 e. The smallest absolute Gasteiger partial charge is 0.387 e. The van der Waals surface area contributed by atoms with E-state index in [9.17, 15) is 8.78 Å². The summed E-state index contributed by atoms with van der Waals surface area (Å²) in [4.78, 5) is 2.14. The lowest BCUT2D eigenvalue weighted by molar-refractivity contribution is -0.0512. The van der Waals surface area contributed by atoms with Crippen molar-refractivity contribution in [1.82, 2.24) is 4.90 Å². The normalized spacial score (nSPS) is 13.3. The van der Waals surface area contributed by atoms with Gasteiger partial charge in [-0.2, -0.15) is 8.78 Å². The fraction of sp³-hybridized carbons (Fsp3) is 0.381. The van der Waals surface area contributed by atoms with Gasteiger partial charge in [0.05, 0.1) is 7.11 Å². The van der Waals surface area contributed by atoms with Crippen LogP contribution in [-0.4, -0.2) is 29.8 Å². The van der Waals surface area contributed by atoms with Crippen LogP contribution >= 0.6 is 12.2 Å². The second-order valence-corrected chi connectivity index (χ2v) is 7.05.